The molecule has 0 N–H and O–H groups in total. The molecule has 194 valence electrons. The first-order valence-corrected chi connectivity index (χ1v) is 14.4. The average molecular weight is 538 g/mol. The van der Waals surface area contributed by atoms with Crippen LogP contribution in [0.4, 0.5) is 5.69 Å². The first kappa shape index (κ1) is 24.5. The molecule has 40 heavy (non-hydrogen) atoms. The van der Waals surface area contributed by atoms with Gasteiger partial charge in [0, 0.05) is 27.7 Å². The van der Waals surface area contributed by atoms with Crippen molar-refractivity contribution < 1.29 is 9.53 Å². The van der Waals surface area contributed by atoms with Crippen molar-refractivity contribution in [2.24, 2.45) is 0 Å². The second kappa shape index (κ2) is 10.2. The number of carbonyl (C=O) groups is 1. The van der Waals surface area contributed by atoms with E-state index < -0.39 is 5.72 Å². The molecule has 3 nitrogen and oxygen atoms in total. The molecule has 4 heteroatoms. The Balaban J connectivity index is 1.55. The second-order valence-electron chi connectivity index (χ2n) is 10.0. The normalized spacial score (nSPS) is 20.2. The van der Waals surface area contributed by atoms with E-state index in [1.165, 1.54) is 5.56 Å². The second-order valence-corrected chi connectivity index (χ2v) is 11.3. The van der Waals surface area contributed by atoms with Crippen LogP contribution in [0.3, 0.4) is 0 Å². The van der Waals surface area contributed by atoms with E-state index in [1.807, 2.05) is 108 Å². The van der Waals surface area contributed by atoms with E-state index in [9.17, 15) is 0 Å². The number of ether oxygens (including phenoxy) is 1. The summed E-state index contributed by atoms with van der Waals surface area (Å²) >= 11 is 1.79. The molecule has 0 spiro atoms. The lowest BCUT2D eigenvalue weighted by atomic mass is 9.87. The van der Waals surface area contributed by atoms with Crippen LogP contribution in [0, 0.1) is 0 Å². The molecule has 1 amide bonds. The fraction of sp³-hybridized carbons (Fsp3) is 0.0833. The Labute approximate surface area is 238 Å². The van der Waals surface area contributed by atoms with Crippen LogP contribution >= 0.6 is 11.8 Å². The Morgan fingerprint density at radius 1 is 0.650 bits per heavy atom. The van der Waals surface area contributed by atoms with E-state index in [1.54, 1.807) is 11.8 Å². The maximum Gasteiger partial charge on any atom is 0.266 e. The molecule has 5 aromatic carbocycles. The molecule has 7 rings (SSSR count). The number of benzene rings is 5. The quantitative estimate of drug-likeness (QED) is 0.230. The third kappa shape index (κ3) is 4.12. The van der Waals surface area contributed by atoms with Crippen LogP contribution in [-0.4, -0.2) is 5.91 Å². The smallest absolute Gasteiger partial charge is 0.266 e. The van der Waals surface area contributed by atoms with Gasteiger partial charge in [0.25, 0.3) is 5.91 Å². The molecule has 0 aliphatic carbocycles. The molecule has 2 aliphatic rings. The third-order valence-electron chi connectivity index (χ3n) is 7.61. The maximum absolute atomic E-state index is 15.1. The van der Waals surface area contributed by atoms with Gasteiger partial charge in [-0.25, -0.2) is 0 Å². The van der Waals surface area contributed by atoms with Crippen LogP contribution in [0.25, 0.3) is 11.3 Å². The number of para-hydroxylation sites is 1. The van der Waals surface area contributed by atoms with Crippen LogP contribution in [0.5, 0.6) is 0 Å². The lowest BCUT2D eigenvalue weighted by Gasteiger charge is -2.48. The first-order valence-electron chi connectivity index (χ1n) is 13.5. The van der Waals surface area contributed by atoms with E-state index >= 15 is 4.79 Å². The summed E-state index contributed by atoms with van der Waals surface area (Å²) in [5.74, 6) is 0.537. The maximum atomic E-state index is 15.1. The van der Waals surface area contributed by atoms with Crippen LogP contribution in [0.1, 0.15) is 33.9 Å². The molecule has 2 heterocycles. The van der Waals surface area contributed by atoms with Crippen molar-refractivity contribution in [1.82, 2.24) is 0 Å². The molecule has 0 bridgehead atoms. The van der Waals surface area contributed by atoms with Crippen molar-refractivity contribution in [2.45, 2.75) is 22.3 Å². The summed E-state index contributed by atoms with van der Waals surface area (Å²) in [6, 6.07) is 48.9. The molecule has 0 unspecified atom stereocenters. The molecular weight excluding hydrogens is 510 g/mol. The van der Waals surface area contributed by atoms with Gasteiger partial charge in [-0.2, -0.15) is 0 Å². The Hall–Kier alpha value is -4.54. The SMILES string of the molecule is O=C1C(c2ccccc2)=C(c2ccccc2)O[C@@]2(c3ccccc3)C[C@@H](c3ccccc3)Sc3ccccc3N12. The van der Waals surface area contributed by atoms with Gasteiger partial charge in [-0.15, -0.1) is 11.8 Å². The van der Waals surface area contributed by atoms with Crippen molar-refractivity contribution >= 4 is 34.7 Å². The van der Waals surface area contributed by atoms with E-state index in [-0.39, 0.29) is 11.2 Å². The van der Waals surface area contributed by atoms with Crippen LogP contribution < -0.4 is 4.90 Å². The monoisotopic (exact) mass is 537 g/mol. The minimum Gasteiger partial charge on any atom is -0.462 e. The van der Waals surface area contributed by atoms with E-state index in [4.69, 9.17) is 4.74 Å². The Kier molecular flexibility index (Phi) is 6.26. The molecule has 2 aliphatic heterocycles. The summed E-state index contributed by atoms with van der Waals surface area (Å²) in [7, 11) is 0. The number of nitrogens with zero attached hydrogens (tertiary/aromatic N) is 1. The fourth-order valence-electron chi connectivity index (χ4n) is 5.77. The van der Waals surface area contributed by atoms with Crippen LogP contribution in [0.2, 0.25) is 0 Å². The van der Waals surface area contributed by atoms with Gasteiger partial charge in [0.05, 0.1) is 11.3 Å². The molecular formula is C36H27NO2S. The zero-order valence-electron chi connectivity index (χ0n) is 21.8. The Bertz CT molecular complexity index is 1690. The average Bonchev–Trinajstić information content (AvgIpc) is 3.18. The highest BCUT2D eigenvalue weighted by Gasteiger charge is 2.54. The molecule has 2 atom stereocenters. The summed E-state index contributed by atoms with van der Waals surface area (Å²) < 4.78 is 7.35. The summed E-state index contributed by atoms with van der Waals surface area (Å²) in [5, 5.41) is 0.0515. The predicted octanol–water partition coefficient (Wildman–Crippen LogP) is 8.71. The minimum absolute atomic E-state index is 0.0515. The molecule has 0 saturated heterocycles. The van der Waals surface area contributed by atoms with Gasteiger partial charge in [0.2, 0.25) is 5.72 Å². The topological polar surface area (TPSA) is 29.5 Å². The lowest BCUT2D eigenvalue weighted by Crippen LogP contribution is -2.55. The number of carbonyl (C=O) groups excluding carboxylic acids is 1. The van der Waals surface area contributed by atoms with Gasteiger partial charge in [-0.3, -0.25) is 9.69 Å². The predicted molar refractivity (Wildman–Crippen MR) is 162 cm³/mol. The Morgan fingerprint density at radius 2 is 1.20 bits per heavy atom. The van der Waals surface area contributed by atoms with Crippen molar-refractivity contribution in [3.05, 3.63) is 168 Å². The highest BCUT2D eigenvalue weighted by atomic mass is 32.2. The van der Waals surface area contributed by atoms with Gasteiger partial charge in [0.1, 0.15) is 5.76 Å². The fourth-order valence-corrected chi connectivity index (χ4v) is 7.12. The zero-order valence-corrected chi connectivity index (χ0v) is 22.6. The standard InChI is InChI=1S/C36H27NO2S/c38-35-33(27-17-7-2-8-18-27)34(28-19-9-3-10-20-28)39-36(29-21-11-4-12-22-29)25-32(26-15-5-1-6-16-26)40-31-24-14-13-23-30(31)37(35)36/h1-24,32H,25H2/t32-,36+/m0/s1. The van der Waals surface area contributed by atoms with Crippen molar-refractivity contribution in [3.8, 4) is 0 Å². The van der Waals surface area contributed by atoms with Crippen molar-refractivity contribution in [3.63, 3.8) is 0 Å². The van der Waals surface area contributed by atoms with E-state index in [0.717, 1.165) is 27.3 Å². The van der Waals surface area contributed by atoms with E-state index in [2.05, 4.69) is 42.5 Å². The Morgan fingerprint density at radius 3 is 1.88 bits per heavy atom. The largest absolute Gasteiger partial charge is 0.462 e. The summed E-state index contributed by atoms with van der Waals surface area (Å²) in [4.78, 5) is 18.0. The molecule has 5 aromatic rings. The van der Waals surface area contributed by atoms with E-state index in [0.29, 0.717) is 17.8 Å². The minimum atomic E-state index is -1.07. The highest BCUT2D eigenvalue weighted by molar-refractivity contribution is 7.99. The number of amides is 1. The number of hydrogen-bond donors (Lipinski definition) is 0. The number of thioether (sulfide) groups is 1. The third-order valence-corrected chi connectivity index (χ3v) is 8.93. The number of fused-ring (bicyclic) bond motifs is 3. The number of anilines is 1. The van der Waals surface area contributed by atoms with Crippen molar-refractivity contribution in [2.75, 3.05) is 4.90 Å². The highest BCUT2D eigenvalue weighted by Crippen LogP contribution is 2.57. The van der Waals surface area contributed by atoms with Gasteiger partial charge < -0.3 is 4.74 Å². The molecule has 0 aromatic heterocycles. The summed E-state index contributed by atoms with van der Waals surface area (Å²) in [6.07, 6.45) is 0.574. The molecule has 0 saturated carbocycles. The van der Waals surface area contributed by atoms with Gasteiger partial charge in [0.15, 0.2) is 0 Å². The zero-order chi connectivity index (χ0) is 26.9. The molecule has 0 radical (unpaired) electrons. The lowest BCUT2D eigenvalue weighted by molar-refractivity contribution is -0.120. The van der Waals surface area contributed by atoms with Crippen LogP contribution in [-0.2, 0) is 15.3 Å². The van der Waals surface area contributed by atoms with Crippen molar-refractivity contribution in [1.29, 1.82) is 0 Å². The number of hydrogen-bond acceptors (Lipinski definition) is 3. The van der Waals surface area contributed by atoms with Gasteiger partial charge in [-0.1, -0.05) is 133 Å². The van der Waals surface area contributed by atoms with Gasteiger partial charge >= 0.3 is 0 Å². The molecule has 0 fully saturated rings. The first-order chi connectivity index (χ1) is 19.7. The summed E-state index contributed by atoms with van der Waals surface area (Å²) in [6.45, 7) is 0. The summed E-state index contributed by atoms with van der Waals surface area (Å²) in [5.41, 5.74) is 4.23. The van der Waals surface area contributed by atoms with Gasteiger partial charge in [-0.05, 0) is 23.3 Å². The van der Waals surface area contributed by atoms with Crippen LogP contribution in [0.15, 0.2) is 150 Å². The number of rotatable bonds is 4.